The van der Waals surface area contributed by atoms with E-state index in [0.29, 0.717) is 0 Å². The molecule has 0 aliphatic rings. The summed E-state index contributed by atoms with van der Waals surface area (Å²) >= 11 is 1.96. The van der Waals surface area contributed by atoms with E-state index in [2.05, 4.69) is 23.8 Å². The second kappa shape index (κ2) is 9.43. The molecule has 3 heteroatoms. The summed E-state index contributed by atoms with van der Waals surface area (Å²) in [6.07, 6.45) is 4.88. The van der Waals surface area contributed by atoms with Gasteiger partial charge in [0, 0.05) is 12.4 Å². The molecule has 0 atom stereocenters. The molecule has 2 nitrogen and oxygen atoms in total. The van der Waals surface area contributed by atoms with Gasteiger partial charge in [-0.25, -0.2) is 9.97 Å². The molecule has 0 aliphatic heterocycles. The van der Waals surface area contributed by atoms with E-state index in [4.69, 9.17) is 0 Å². The van der Waals surface area contributed by atoms with Crippen molar-refractivity contribution in [1.29, 1.82) is 0 Å². The Morgan fingerprint density at radius 2 is 1.64 bits per heavy atom. The summed E-state index contributed by atoms with van der Waals surface area (Å²) in [5.74, 6) is 2.52. The Morgan fingerprint density at radius 1 is 1.09 bits per heavy atom. The van der Waals surface area contributed by atoms with Gasteiger partial charge in [0.2, 0.25) is 0 Å². The lowest BCUT2D eigenvalue weighted by Gasteiger charge is -1.80. The molecule has 0 unspecified atom stereocenters. The van der Waals surface area contributed by atoms with Crippen LogP contribution in [0.2, 0.25) is 0 Å². The van der Waals surface area contributed by atoms with Gasteiger partial charge in [0.25, 0.3) is 0 Å². The van der Waals surface area contributed by atoms with E-state index in [1.54, 1.807) is 18.5 Å². The van der Waals surface area contributed by atoms with Crippen LogP contribution in [0.5, 0.6) is 0 Å². The van der Waals surface area contributed by atoms with Gasteiger partial charge in [-0.3, -0.25) is 0 Å². The van der Waals surface area contributed by atoms with Crippen molar-refractivity contribution in [2.24, 2.45) is 0 Å². The van der Waals surface area contributed by atoms with Crippen LogP contribution in [0.25, 0.3) is 0 Å². The number of hydrogen-bond acceptors (Lipinski definition) is 3. The summed E-state index contributed by atoms with van der Waals surface area (Å²) in [4.78, 5) is 7.35. The Morgan fingerprint density at radius 3 is 1.73 bits per heavy atom. The standard InChI is InChI=1S/C4H4N2.C4H10S/c1-2-5-4-6-3-1;1-3-5-4-2/h1-4H;3-4H2,1-2H3. The van der Waals surface area contributed by atoms with E-state index in [0.717, 1.165) is 0 Å². The zero-order valence-corrected chi connectivity index (χ0v) is 7.84. The van der Waals surface area contributed by atoms with Gasteiger partial charge in [0.1, 0.15) is 6.33 Å². The molecule has 0 spiro atoms. The van der Waals surface area contributed by atoms with Gasteiger partial charge < -0.3 is 0 Å². The van der Waals surface area contributed by atoms with Crippen molar-refractivity contribution < 1.29 is 0 Å². The summed E-state index contributed by atoms with van der Waals surface area (Å²) in [5, 5.41) is 0. The Balaban J connectivity index is 0.000000187. The largest absolute Gasteiger partial charge is 0.245 e. The van der Waals surface area contributed by atoms with Crippen LogP contribution < -0.4 is 0 Å². The molecule has 0 saturated heterocycles. The number of thioether (sulfide) groups is 1. The van der Waals surface area contributed by atoms with Crippen LogP contribution in [0, 0.1) is 0 Å². The van der Waals surface area contributed by atoms with Gasteiger partial charge in [0.15, 0.2) is 0 Å². The maximum Gasteiger partial charge on any atom is 0.115 e. The highest BCUT2D eigenvalue weighted by Crippen LogP contribution is 1.93. The molecule has 62 valence electrons. The Kier molecular flexibility index (Phi) is 8.94. The topological polar surface area (TPSA) is 25.8 Å². The minimum atomic E-state index is 1.26. The Hall–Kier alpha value is -0.570. The average Bonchev–Trinajstić information content (AvgIpc) is 2.10. The lowest BCUT2D eigenvalue weighted by molar-refractivity contribution is 1.17. The van der Waals surface area contributed by atoms with Crippen molar-refractivity contribution in [1.82, 2.24) is 9.97 Å². The molecule has 11 heavy (non-hydrogen) atoms. The Labute approximate surface area is 72.5 Å². The molecule has 1 aromatic rings. The third-order valence-corrected chi connectivity index (χ3v) is 1.70. The van der Waals surface area contributed by atoms with E-state index in [1.807, 2.05) is 11.8 Å². The molecule has 0 radical (unpaired) electrons. The van der Waals surface area contributed by atoms with Crippen LogP contribution in [0.4, 0.5) is 0 Å². The van der Waals surface area contributed by atoms with Gasteiger partial charge in [0.05, 0.1) is 0 Å². The first-order valence-corrected chi connectivity index (χ1v) is 4.85. The predicted octanol–water partition coefficient (Wildman–Crippen LogP) is 2.24. The fourth-order valence-electron chi connectivity index (χ4n) is 0.457. The van der Waals surface area contributed by atoms with Crippen LogP contribution in [0.15, 0.2) is 24.8 Å². The first-order valence-electron chi connectivity index (χ1n) is 3.69. The van der Waals surface area contributed by atoms with Crippen molar-refractivity contribution in [3.63, 3.8) is 0 Å². The van der Waals surface area contributed by atoms with Gasteiger partial charge in [-0.05, 0) is 17.6 Å². The molecule has 1 aromatic heterocycles. The van der Waals surface area contributed by atoms with Crippen LogP contribution in [0.3, 0.4) is 0 Å². The maximum atomic E-state index is 3.67. The first kappa shape index (κ1) is 10.4. The molecule has 0 bridgehead atoms. The average molecular weight is 170 g/mol. The quantitative estimate of drug-likeness (QED) is 0.680. The lowest BCUT2D eigenvalue weighted by atomic mass is 10.7. The third kappa shape index (κ3) is 9.43. The molecule has 1 heterocycles. The zero-order chi connectivity index (χ0) is 8.36. The van der Waals surface area contributed by atoms with Gasteiger partial charge in [-0.1, -0.05) is 13.8 Å². The van der Waals surface area contributed by atoms with Crippen molar-refractivity contribution in [3.8, 4) is 0 Å². The molecule has 0 aromatic carbocycles. The number of nitrogens with zero attached hydrogens (tertiary/aromatic N) is 2. The zero-order valence-electron chi connectivity index (χ0n) is 7.03. The number of hydrogen-bond donors (Lipinski definition) is 0. The van der Waals surface area contributed by atoms with Gasteiger partial charge in [-0.2, -0.15) is 11.8 Å². The van der Waals surface area contributed by atoms with Crippen LogP contribution in [0.1, 0.15) is 13.8 Å². The SMILES string of the molecule is CCSCC.c1cncnc1. The molecular weight excluding hydrogens is 156 g/mol. The van der Waals surface area contributed by atoms with Crippen LogP contribution in [-0.2, 0) is 0 Å². The molecule has 1 rings (SSSR count). The summed E-state index contributed by atoms with van der Waals surface area (Å²) < 4.78 is 0. The van der Waals surface area contributed by atoms with Crippen molar-refractivity contribution >= 4 is 11.8 Å². The van der Waals surface area contributed by atoms with E-state index in [9.17, 15) is 0 Å². The second-order valence-electron chi connectivity index (χ2n) is 1.69. The highest BCUT2D eigenvalue weighted by atomic mass is 32.2. The molecule has 0 N–H and O–H groups in total. The van der Waals surface area contributed by atoms with E-state index < -0.39 is 0 Å². The normalized spacial score (nSPS) is 8.18. The van der Waals surface area contributed by atoms with Crippen LogP contribution in [-0.4, -0.2) is 21.5 Å². The predicted molar refractivity (Wildman–Crippen MR) is 50.7 cm³/mol. The lowest BCUT2D eigenvalue weighted by Crippen LogP contribution is -1.66. The summed E-state index contributed by atoms with van der Waals surface area (Å²) in [7, 11) is 0. The second-order valence-corrected chi connectivity index (χ2v) is 3.25. The van der Waals surface area contributed by atoms with Crippen molar-refractivity contribution in [2.45, 2.75) is 13.8 Å². The van der Waals surface area contributed by atoms with Gasteiger partial charge >= 0.3 is 0 Å². The van der Waals surface area contributed by atoms with E-state index in [1.165, 1.54) is 17.8 Å². The summed E-state index contributed by atoms with van der Waals surface area (Å²) in [6, 6.07) is 1.78. The molecule has 0 amide bonds. The third-order valence-electron chi connectivity index (χ3n) is 0.886. The maximum absolute atomic E-state index is 3.67. The van der Waals surface area contributed by atoms with E-state index in [-0.39, 0.29) is 0 Å². The van der Waals surface area contributed by atoms with Crippen LogP contribution >= 0.6 is 11.8 Å². The highest BCUT2D eigenvalue weighted by molar-refractivity contribution is 7.99. The van der Waals surface area contributed by atoms with E-state index >= 15 is 0 Å². The molecule has 0 saturated carbocycles. The highest BCUT2D eigenvalue weighted by Gasteiger charge is 1.67. The Bertz CT molecular complexity index is 115. The fraction of sp³-hybridized carbons (Fsp3) is 0.500. The fourth-order valence-corrected chi connectivity index (χ4v) is 0.866. The summed E-state index contributed by atoms with van der Waals surface area (Å²) in [5.41, 5.74) is 0. The summed E-state index contributed by atoms with van der Waals surface area (Å²) in [6.45, 7) is 4.35. The monoisotopic (exact) mass is 170 g/mol. The first-order chi connectivity index (χ1) is 5.41. The molecular formula is C8H14N2S. The molecule has 0 aliphatic carbocycles. The number of aromatic nitrogens is 2. The van der Waals surface area contributed by atoms with Gasteiger partial charge in [-0.15, -0.1) is 0 Å². The van der Waals surface area contributed by atoms with Crippen molar-refractivity contribution in [3.05, 3.63) is 24.8 Å². The smallest absolute Gasteiger partial charge is 0.115 e. The minimum absolute atomic E-state index is 1.26. The number of rotatable bonds is 2. The molecule has 0 fully saturated rings. The van der Waals surface area contributed by atoms with Crippen molar-refractivity contribution in [2.75, 3.05) is 11.5 Å². The minimum Gasteiger partial charge on any atom is -0.245 e.